The second-order valence-corrected chi connectivity index (χ2v) is 8.15. The molecule has 2 bridgehead atoms. The molecule has 2 fully saturated rings. The lowest BCUT2D eigenvalue weighted by Gasteiger charge is -2.34. The number of halogens is 1. The van der Waals surface area contributed by atoms with E-state index in [0.29, 0.717) is 12.8 Å². The third-order valence-corrected chi connectivity index (χ3v) is 5.22. The summed E-state index contributed by atoms with van der Waals surface area (Å²) >= 11 is 3.62. The van der Waals surface area contributed by atoms with E-state index in [0.717, 1.165) is 5.56 Å². The molecule has 22 heavy (non-hydrogen) atoms. The largest absolute Gasteiger partial charge is 0.443 e. The molecule has 0 radical (unpaired) electrons. The fourth-order valence-corrected chi connectivity index (χ4v) is 4.36. The predicted molar refractivity (Wildman–Crippen MR) is 84.7 cm³/mol. The minimum atomic E-state index is -0.663. The summed E-state index contributed by atoms with van der Waals surface area (Å²) in [7, 11) is 0. The van der Waals surface area contributed by atoms with Crippen LogP contribution in [0, 0.1) is 0 Å². The van der Waals surface area contributed by atoms with Gasteiger partial charge in [0.2, 0.25) is 5.91 Å². The van der Waals surface area contributed by atoms with E-state index in [1.54, 1.807) is 33.2 Å². The first-order valence-electron chi connectivity index (χ1n) is 7.36. The summed E-state index contributed by atoms with van der Waals surface area (Å²) in [5.41, 5.74) is -0.412. The Balaban J connectivity index is 1.94. The Bertz CT molecular complexity index is 614. The number of fused-ring (bicyclic) bond motifs is 2. The number of hydrogen-bond acceptors (Lipinski definition) is 4. The topological polar surface area (TPSA) is 59.5 Å². The number of amides is 2. The van der Waals surface area contributed by atoms with Gasteiger partial charge in [-0.15, -0.1) is 0 Å². The summed E-state index contributed by atoms with van der Waals surface area (Å²) in [4.78, 5) is 30.9. The maximum atomic E-state index is 12.9. The quantitative estimate of drug-likeness (QED) is 0.716. The van der Waals surface area contributed by atoms with Crippen LogP contribution in [-0.2, 0) is 14.9 Å². The van der Waals surface area contributed by atoms with Crippen LogP contribution < -0.4 is 0 Å². The summed E-state index contributed by atoms with van der Waals surface area (Å²) in [5.74, 6) is -0.171. The summed E-state index contributed by atoms with van der Waals surface area (Å²) < 4.78 is 5.40. The number of likely N-dealkylation sites (tertiary alicyclic amines) is 1. The summed E-state index contributed by atoms with van der Waals surface area (Å²) in [5, 5.41) is 0. The van der Waals surface area contributed by atoms with Gasteiger partial charge in [-0.25, -0.2) is 9.69 Å². The zero-order chi connectivity index (χ0) is 16.1. The highest BCUT2D eigenvalue weighted by Gasteiger charge is 2.63. The monoisotopic (exact) mass is 366 g/mol. The number of piperidine rings is 1. The summed E-state index contributed by atoms with van der Waals surface area (Å²) in [6, 6.07) is 3.57. The zero-order valence-electron chi connectivity index (χ0n) is 12.9. The standard InChI is InChI=1S/C16H19BrN2O3/c1-15(2,3)22-14(21)19-12-8-16(13(19)20,7-11(12)17)10-5-4-6-18-9-10/h4-6,9,11-12H,7-8H2,1-3H3. The predicted octanol–water partition coefficient (Wildman–Crippen LogP) is 3.02. The third-order valence-electron chi connectivity index (χ3n) is 4.28. The molecule has 3 atom stereocenters. The number of ether oxygens (including phenoxy) is 1. The van der Waals surface area contributed by atoms with Crippen LogP contribution >= 0.6 is 15.9 Å². The fourth-order valence-electron chi connectivity index (χ4n) is 3.38. The van der Waals surface area contributed by atoms with Gasteiger partial charge in [0.25, 0.3) is 0 Å². The van der Waals surface area contributed by atoms with E-state index in [9.17, 15) is 9.59 Å². The smallest absolute Gasteiger partial charge is 0.417 e. The number of aromatic nitrogens is 1. The molecule has 5 nitrogen and oxygen atoms in total. The maximum Gasteiger partial charge on any atom is 0.417 e. The number of alkyl halides is 1. The van der Waals surface area contributed by atoms with Crippen LogP contribution in [0.1, 0.15) is 39.2 Å². The average molecular weight is 367 g/mol. The number of nitrogens with zero attached hydrogens (tertiary/aromatic N) is 2. The molecule has 2 aliphatic rings. The molecule has 2 heterocycles. The van der Waals surface area contributed by atoms with Crippen molar-refractivity contribution in [3.8, 4) is 0 Å². The number of imide groups is 1. The molecule has 1 aliphatic carbocycles. The Hall–Kier alpha value is -1.43. The van der Waals surface area contributed by atoms with Crippen molar-refractivity contribution in [2.45, 2.75) is 55.5 Å². The molecular weight excluding hydrogens is 348 g/mol. The van der Waals surface area contributed by atoms with Gasteiger partial charge in [-0.1, -0.05) is 22.0 Å². The Morgan fingerprint density at radius 2 is 2.18 bits per heavy atom. The van der Waals surface area contributed by atoms with Gasteiger partial charge in [-0.05, 0) is 45.2 Å². The van der Waals surface area contributed by atoms with Crippen molar-refractivity contribution in [1.29, 1.82) is 0 Å². The normalized spacial score (nSPS) is 30.7. The van der Waals surface area contributed by atoms with Crippen molar-refractivity contribution in [3.63, 3.8) is 0 Å². The number of rotatable bonds is 1. The highest BCUT2D eigenvalue weighted by molar-refractivity contribution is 9.09. The molecule has 3 unspecified atom stereocenters. The summed E-state index contributed by atoms with van der Waals surface area (Å²) in [6.07, 6.45) is 4.15. The van der Waals surface area contributed by atoms with Crippen LogP contribution in [-0.4, -0.2) is 38.4 Å². The van der Waals surface area contributed by atoms with E-state index in [4.69, 9.17) is 4.74 Å². The second kappa shape index (κ2) is 5.05. The molecule has 2 amide bonds. The minimum absolute atomic E-state index is 0.0814. The minimum Gasteiger partial charge on any atom is -0.443 e. The molecule has 1 aromatic heterocycles. The van der Waals surface area contributed by atoms with Crippen molar-refractivity contribution in [2.24, 2.45) is 0 Å². The molecule has 1 saturated carbocycles. The van der Waals surface area contributed by atoms with Crippen molar-refractivity contribution < 1.29 is 14.3 Å². The molecule has 0 N–H and O–H groups in total. The van der Waals surface area contributed by atoms with Crippen LogP contribution in [0.3, 0.4) is 0 Å². The van der Waals surface area contributed by atoms with Crippen LogP contribution in [0.2, 0.25) is 0 Å². The first-order valence-corrected chi connectivity index (χ1v) is 8.27. The molecule has 0 spiro atoms. The van der Waals surface area contributed by atoms with Gasteiger partial charge in [-0.2, -0.15) is 0 Å². The molecule has 3 rings (SSSR count). The lowest BCUT2D eigenvalue weighted by Crippen LogP contribution is -2.51. The highest BCUT2D eigenvalue weighted by atomic mass is 79.9. The van der Waals surface area contributed by atoms with E-state index < -0.39 is 17.1 Å². The number of carbonyl (C=O) groups is 2. The van der Waals surface area contributed by atoms with E-state index in [1.165, 1.54) is 4.90 Å². The Kier molecular flexibility index (Phi) is 3.55. The van der Waals surface area contributed by atoms with E-state index >= 15 is 0 Å². The Labute approximate surface area is 138 Å². The molecule has 1 saturated heterocycles. The van der Waals surface area contributed by atoms with E-state index in [-0.39, 0.29) is 16.8 Å². The van der Waals surface area contributed by atoms with Gasteiger partial charge in [0.15, 0.2) is 0 Å². The highest BCUT2D eigenvalue weighted by Crippen LogP contribution is 2.53. The molecule has 118 valence electrons. The fraction of sp³-hybridized carbons (Fsp3) is 0.562. The Morgan fingerprint density at radius 3 is 2.77 bits per heavy atom. The van der Waals surface area contributed by atoms with Crippen molar-refractivity contribution in [1.82, 2.24) is 9.88 Å². The lowest BCUT2D eigenvalue weighted by atomic mass is 9.80. The van der Waals surface area contributed by atoms with Crippen molar-refractivity contribution in [3.05, 3.63) is 30.1 Å². The first-order chi connectivity index (χ1) is 10.2. The van der Waals surface area contributed by atoms with Gasteiger partial charge >= 0.3 is 6.09 Å². The average Bonchev–Trinajstić information content (AvgIpc) is 2.91. The SMILES string of the molecule is CC(C)(C)OC(=O)N1C(=O)C2(c3cccnc3)CC(Br)C1C2. The van der Waals surface area contributed by atoms with Crippen LogP contribution in [0.5, 0.6) is 0 Å². The lowest BCUT2D eigenvalue weighted by molar-refractivity contribution is -0.134. The molecule has 1 aromatic rings. The second-order valence-electron chi connectivity index (χ2n) is 6.97. The van der Waals surface area contributed by atoms with Gasteiger partial charge < -0.3 is 4.74 Å². The molecule has 1 aliphatic heterocycles. The van der Waals surface area contributed by atoms with Crippen LogP contribution in [0.25, 0.3) is 0 Å². The van der Waals surface area contributed by atoms with Gasteiger partial charge in [0.1, 0.15) is 5.60 Å². The van der Waals surface area contributed by atoms with E-state index in [1.807, 2.05) is 12.1 Å². The maximum absolute atomic E-state index is 12.9. The van der Waals surface area contributed by atoms with Gasteiger partial charge in [0.05, 0.1) is 11.5 Å². The molecular formula is C16H19BrN2O3. The number of carbonyl (C=O) groups excluding carboxylic acids is 2. The zero-order valence-corrected chi connectivity index (χ0v) is 14.5. The van der Waals surface area contributed by atoms with E-state index in [2.05, 4.69) is 20.9 Å². The number of pyridine rings is 1. The molecule has 0 aromatic carbocycles. The van der Waals surface area contributed by atoms with Crippen molar-refractivity contribution >= 4 is 27.9 Å². The van der Waals surface area contributed by atoms with Gasteiger partial charge in [-0.3, -0.25) is 9.78 Å². The number of hydrogen-bond donors (Lipinski definition) is 0. The Morgan fingerprint density at radius 1 is 1.45 bits per heavy atom. The van der Waals surface area contributed by atoms with Gasteiger partial charge in [0, 0.05) is 17.2 Å². The third kappa shape index (κ3) is 2.33. The van der Waals surface area contributed by atoms with Crippen molar-refractivity contribution in [2.75, 3.05) is 0 Å². The van der Waals surface area contributed by atoms with Crippen LogP contribution in [0.15, 0.2) is 24.5 Å². The summed E-state index contributed by atoms with van der Waals surface area (Å²) in [6.45, 7) is 5.39. The molecule has 6 heteroatoms. The first kappa shape index (κ1) is 15.5. The van der Waals surface area contributed by atoms with Crippen LogP contribution in [0.4, 0.5) is 4.79 Å².